The van der Waals surface area contributed by atoms with Gasteiger partial charge in [-0.05, 0) is 12.8 Å². The number of carbonyl (C=O) groups excluding carboxylic acids is 2. The number of unbranched alkanes of at least 4 members (excludes halogenated alkanes) is 9. The van der Waals surface area contributed by atoms with Gasteiger partial charge in [0.25, 0.3) is 0 Å². The summed E-state index contributed by atoms with van der Waals surface area (Å²) in [6.45, 7) is 3.58. The van der Waals surface area contributed by atoms with Crippen molar-refractivity contribution in [3.05, 3.63) is 0 Å². The normalized spacial score (nSPS) is 14.6. The molecule has 0 spiro atoms. The van der Waals surface area contributed by atoms with E-state index in [2.05, 4.69) is 6.92 Å². The van der Waals surface area contributed by atoms with Crippen molar-refractivity contribution in [3.63, 3.8) is 0 Å². The maximum Gasteiger partial charge on any atom is 0.325 e. The fraction of sp³-hybridized carbons (Fsp3) is 0.889. The Hall–Kier alpha value is -1.06. The smallest absolute Gasteiger partial charge is 0.325 e. The van der Waals surface area contributed by atoms with Gasteiger partial charge in [-0.2, -0.15) is 0 Å². The minimum atomic E-state index is -0.258. The van der Waals surface area contributed by atoms with E-state index >= 15 is 0 Å². The zero-order valence-corrected chi connectivity index (χ0v) is 14.3. The molecule has 1 saturated heterocycles. The quantitative estimate of drug-likeness (QED) is 0.380. The number of likely N-dealkylation sites (tertiary alicyclic amines) is 1. The van der Waals surface area contributed by atoms with Crippen LogP contribution in [0.15, 0.2) is 0 Å². The molecule has 0 unspecified atom stereocenters. The molecule has 0 aliphatic carbocycles. The third kappa shape index (κ3) is 9.06. The topological polar surface area (TPSA) is 46.6 Å². The molecule has 1 heterocycles. The number of esters is 1. The summed E-state index contributed by atoms with van der Waals surface area (Å²) in [5.41, 5.74) is 0. The summed E-state index contributed by atoms with van der Waals surface area (Å²) in [6.07, 6.45) is 14.2. The van der Waals surface area contributed by atoms with Gasteiger partial charge in [0.15, 0.2) is 0 Å². The maximum atomic E-state index is 11.6. The highest BCUT2D eigenvalue weighted by atomic mass is 16.5. The Balaban J connectivity index is 1.83. The Morgan fingerprint density at radius 2 is 1.59 bits per heavy atom. The van der Waals surface area contributed by atoms with E-state index in [1.165, 1.54) is 51.4 Å². The van der Waals surface area contributed by atoms with Crippen molar-refractivity contribution in [3.8, 4) is 0 Å². The lowest BCUT2D eigenvalue weighted by Gasteiger charge is -2.14. The first-order valence-electron chi connectivity index (χ1n) is 9.17. The monoisotopic (exact) mass is 311 g/mol. The van der Waals surface area contributed by atoms with Crippen molar-refractivity contribution < 1.29 is 14.3 Å². The number of ether oxygens (including phenoxy) is 1. The summed E-state index contributed by atoms with van der Waals surface area (Å²) in [7, 11) is 0. The summed E-state index contributed by atoms with van der Waals surface area (Å²) < 4.78 is 5.19. The molecule has 0 N–H and O–H groups in total. The SMILES string of the molecule is CCCCCCCCCCCCOC(=O)CN1CCCC1=O. The fourth-order valence-electron chi connectivity index (χ4n) is 2.85. The minimum Gasteiger partial charge on any atom is -0.464 e. The van der Waals surface area contributed by atoms with E-state index in [9.17, 15) is 9.59 Å². The van der Waals surface area contributed by atoms with Gasteiger partial charge in [-0.3, -0.25) is 9.59 Å². The molecule has 0 aromatic rings. The molecule has 0 bridgehead atoms. The Bertz CT molecular complexity index is 317. The number of hydrogen-bond donors (Lipinski definition) is 0. The molecule has 1 amide bonds. The Kier molecular flexibility index (Phi) is 10.8. The molecule has 1 aliphatic heterocycles. The van der Waals surface area contributed by atoms with Crippen LogP contribution in [0.5, 0.6) is 0 Å². The predicted octanol–water partition coefficient (Wildman–Crippen LogP) is 4.07. The van der Waals surface area contributed by atoms with Gasteiger partial charge in [0.05, 0.1) is 6.61 Å². The highest BCUT2D eigenvalue weighted by Crippen LogP contribution is 2.11. The fourth-order valence-corrected chi connectivity index (χ4v) is 2.85. The van der Waals surface area contributed by atoms with Gasteiger partial charge in [-0.15, -0.1) is 0 Å². The largest absolute Gasteiger partial charge is 0.464 e. The predicted molar refractivity (Wildman–Crippen MR) is 88.6 cm³/mol. The first-order valence-corrected chi connectivity index (χ1v) is 9.17. The lowest BCUT2D eigenvalue weighted by molar-refractivity contribution is -0.148. The minimum absolute atomic E-state index is 0.0795. The molecule has 0 aromatic heterocycles. The van der Waals surface area contributed by atoms with Crippen LogP contribution in [0.2, 0.25) is 0 Å². The Morgan fingerprint density at radius 1 is 1.00 bits per heavy atom. The molecule has 0 saturated carbocycles. The number of nitrogens with zero attached hydrogens (tertiary/aromatic N) is 1. The molecular formula is C18H33NO3. The first-order chi connectivity index (χ1) is 10.7. The van der Waals surface area contributed by atoms with Crippen LogP contribution in [-0.4, -0.2) is 36.5 Å². The van der Waals surface area contributed by atoms with Gasteiger partial charge in [0, 0.05) is 13.0 Å². The molecular weight excluding hydrogens is 278 g/mol. The molecule has 1 aliphatic rings. The summed E-state index contributed by atoms with van der Waals surface area (Å²) in [6, 6.07) is 0. The van der Waals surface area contributed by atoms with Gasteiger partial charge >= 0.3 is 5.97 Å². The van der Waals surface area contributed by atoms with E-state index in [1.807, 2.05) is 0 Å². The van der Waals surface area contributed by atoms with E-state index in [4.69, 9.17) is 4.74 Å². The average Bonchev–Trinajstić information content (AvgIpc) is 2.90. The lowest BCUT2D eigenvalue weighted by Crippen LogP contribution is -2.31. The van der Waals surface area contributed by atoms with Crippen LogP contribution in [-0.2, 0) is 14.3 Å². The van der Waals surface area contributed by atoms with E-state index in [1.54, 1.807) is 4.90 Å². The molecule has 4 heteroatoms. The molecule has 1 fully saturated rings. The van der Waals surface area contributed by atoms with Gasteiger partial charge in [-0.25, -0.2) is 0 Å². The molecule has 128 valence electrons. The molecule has 4 nitrogen and oxygen atoms in total. The third-order valence-electron chi connectivity index (χ3n) is 4.25. The summed E-state index contributed by atoms with van der Waals surface area (Å²) in [5, 5.41) is 0. The number of carbonyl (C=O) groups is 2. The van der Waals surface area contributed by atoms with E-state index in [0.717, 1.165) is 19.3 Å². The summed E-state index contributed by atoms with van der Waals surface area (Å²) >= 11 is 0. The van der Waals surface area contributed by atoms with Crippen molar-refractivity contribution in [2.24, 2.45) is 0 Å². The van der Waals surface area contributed by atoms with Crippen LogP contribution in [0.4, 0.5) is 0 Å². The van der Waals surface area contributed by atoms with Crippen LogP contribution in [0.25, 0.3) is 0 Å². The number of hydrogen-bond acceptors (Lipinski definition) is 3. The second kappa shape index (κ2) is 12.5. The second-order valence-electron chi connectivity index (χ2n) is 6.32. The molecule has 1 rings (SSSR count). The van der Waals surface area contributed by atoms with Gasteiger partial charge in [0.2, 0.25) is 5.91 Å². The van der Waals surface area contributed by atoms with E-state index < -0.39 is 0 Å². The maximum absolute atomic E-state index is 11.6. The number of rotatable bonds is 13. The standard InChI is InChI=1S/C18H33NO3/c1-2-3-4-5-6-7-8-9-10-11-15-22-18(21)16-19-14-12-13-17(19)20/h2-16H2,1H3. The Morgan fingerprint density at radius 3 is 2.14 bits per heavy atom. The third-order valence-corrected chi connectivity index (χ3v) is 4.25. The number of amides is 1. The second-order valence-corrected chi connectivity index (χ2v) is 6.32. The van der Waals surface area contributed by atoms with Crippen LogP contribution in [0.1, 0.15) is 84.0 Å². The van der Waals surface area contributed by atoms with E-state index in [0.29, 0.717) is 19.6 Å². The Labute approximate surface area is 135 Å². The average molecular weight is 311 g/mol. The molecule has 22 heavy (non-hydrogen) atoms. The van der Waals surface area contributed by atoms with Gasteiger partial charge in [0.1, 0.15) is 6.54 Å². The summed E-state index contributed by atoms with van der Waals surface area (Å²) in [4.78, 5) is 24.6. The van der Waals surface area contributed by atoms with E-state index in [-0.39, 0.29) is 18.4 Å². The van der Waals surface area contributed by atoms with Crippen LogP contribution in [0, 0.1) is 0 Å². The van der Waals surface area contributed by atoms with Crippen molar-refractivity contribution >= 4 is 11.9 Å². The van der Waals surface area contributed by atoms with Crippen molar-refractivity contribution in [1.29, 1.82) is 0 Å². The van der Waals surface area contributed by atoms with Crippen LogP contribution < -0.4 is 0 Å². The van der Waals surface area contributed by atoms with Crippen molar-refractivity contribution in [2.45, 2.75) is 84.0 Å². The molecule has 0 aromatic carbocycles. The zero-order valence-electron chi connectivity index (χ0n) is 14.3. The van der Waals surface area contributed by atoms with Crippen LogP contribution in [0.3, 0.4) is 0 Å². The van der Waals surface area contributed by atoms with Crippen molar-refractivity contribution in [2.75, 3.05) is 19.7 Å². The lowest BCUT2D eigenvalue weighted by atomic mass is 10.1. The summed E-state index contributed by atoms with van der Waals surface area (Å²) in [5.74, 6) is -0.179. The zero-order chi connectivity index (χ0) is 16.0. The first kappa shape index (κ1) is 19.0. The van der Waals surface area contributed by atoms with Gasteiger partial charge in [-0.1, -0.05) is 64.7 Å². The van der Waals surface area contributed by atoms with Crippen molar-refractivity contribution in [1.82, 2.24) is 4.90 Å². The molecule has 0 atom stereocenters. The van der Waals surface area contributed by atoms with Crippen LogP contribution >= 0.6 is 0 Å². The highest BCUT2D eigenvalue weighted by molar-refractivity contribution is 5.83. The van der Waals surface area contributed by atoms with Gasteiger partial charge < -0.3 is 9.64 Å². The highest BCUT2D eigenvalue weighted by Gasteiger charge is 2.22. The molecule has 0 radical (unpaired) electrons.